The van der Waals surface area contributed by atoms with E-state index in [0.29, 0.717) is 5.56 Å². The molecule has 0 aliphatic carbocycles. The first-order chi connectivity index (χ1) is 12.0. The van der Waals surface area contributed by atoms with Gasteiger partial charge >= 0.3 is 0 Å². The van der Waals surface area contributed by atoms with Crippen LogP contribution in [0.25, 0.3) is 11.0 Å². The number of amides is 1. The number of benzene rings is 1. The van der Waals surface area contributed by atoms with Crippen LogP contribution in [0.4, 0.5) is 0 Å². The monoisotopic (exact) mass is 338 g/mol. The molecule has 130 valence electrons. The minimum Gasteiger partial charge on any atom is -0.334 e. The highest BCUT2D eigenvalue weighted by molar-refractivity contribution is 5.97. The van der Waals surface area contributed by atoms with Crippen LogP contribution in [0.3, 0.4) is 0 Å². The lowest BCUT2D eigenvalue weighted by molar-refractivity contribution is 0.0721. The van der Waals surface area contributed by atoms with Crippen LogP contribution in [0.1, 0.15) is 34.6 Å². The Morgan fingerprint density at radius 3 is 2.88 bits per heavy atom. The fraction of sp³-hybridized carbons (Fsp3) is 0.444. The van der Waals surface area contributed by atoms with Crippen molar-refractivity contribution in [1.82, 2.24) is 29.7 Å². The van der Waals surface area contributed by atoms with Gasteiger partial charge in [-0.05, 0) is 51.0 Å². The van der Waals surface area contributed by atoms with Crippen LogP contribution < -0.4 is 0 Å². The quantitative estimate of drug-likeness (QED) is 0.733. The molecule has 1 aromatic carbocycles. The van der Waals surface area contributed by atoms with E-state index in [9.17, 15) is 4.79 Å². The highest BCUT2D eigenvalue weighted by Crippen LogP contribution is 2.23. The molecular formula is C18H22N6O. The average molecular weight is 338 g/mol. The maximum Gasteiger partial charge on any atom is 0.254 e. The van der Waals surface area contributed by atoms with E-state index in [1.807, 2.05) is 41.8 Å². The first kappa shape index (κ1) is 15.8. The Morgan fingerprint density at radius 2 is 2.12 bits per heavy atom. The largest absolute Gasteiger partial charge is 0.334 e. The zero-order chi connectivity index (χ0) is 17.6. The van der Waals surface area contributed by atoms with E-state index >= 15 is 0 Å². The molecule has 1 amide bonds. The Balaban J connectivity index is 1.58. The van der Waals surface area contributed by atoms with E-state index in [1.54, 1.807) is 4.68 Å². The topological polar surface area (TPSA) is 68.8 Å². The van der Waals surface area contributed by atoms with Gasteiger partial charge in [0.1, 0.15) is 5.52 Å². The smallest absolute Gasteiger partial charge is 0.254 e. The molecule has 1 saturated heterocycles. The minimum absolute atomic E-state index is 0.0663. The summed E-state index contributed by atoms with van der Waals surface area (Å²) in [5.41, 5.74) is 4.51. The second-order valence-electron chi connectivity index (χ2n) is 6.82. The van der Waals surface area contributed by atoms with Gasteiger partial charge in [0.25, 0.3) is 5.91 Å². The molecular weight excluding hydrogens is 316 g/mol. The van der Waals surface area contributed by atoms with Gasteiger partial charge in [-0.3, -0.25) is 9.48 Å². The van der Waals surface area contributed by atoms with Crippen molar-refractivity contribution in [2.45, 2.75) is 39.3 Å². The molecule has 0 radical (unpaired) electrons. The summed E-state index contributed by atoms with van der Waals surface area (Å²) < 4.78 is 3.72. The molecule has 1 atom stereocenters. The maximum absolute atomic E-state index is 13.0. The highest BCUT2D eigenvalue weighted by atomic mass is 16.2. The van der Waals surface area contributed by atoms with E-state index in [-0.39, 0.29) is 11.9 Å². The molecule has 0 N–H and O–H groups in total. The summed E-state index contributed by atoms with van der Waals surface area (Å²) in [4.78, 5) is 15.0. The summed E-state index contributed by atoms with van der Waals surface area (Å²) in [6, 6.07) is 7.87. The third-order valence-electron chi connectivity index (χ3n) is 4.98. The zero-order valence-electron chi connectivity index (χ0n) is 14.8. The van der Waals surface area contributed by atoms with Crippen molar-refractivity contribution >= 4 is 16.9 Å². The predicted octanol–water partition coefficient (Wildman–Crippen LogP) is 2.09. The molecule has 1 aliphatic rings. The fourth-order valence-corrected chi connectivity index (χ4v) is 3.69. The van der Waals surface area contributed by atoms with Gasteiger partial charge in [0, 0.05) is 24.8 Å². The summed E-state index contributed by atoms with van der Waals surface area (Å²) in [7, 11) is 1.85. The molecule has 0 spiro atoms. The van der Waals surface area contributed by atoms with E-state index in [2.05, 4.69) is 28.4 Å². The zero-order valence-corrected chi connectivity index (χ0v) is 14.8. The van der Waals surface area contributed by atoms with Crippen LogP contribution in [0, 0.1) is 13.8 Å². The molecule has 3 aromatic rings. The number of rotatable bonds is 3. The van der Waals surface area contributed by atoms with Crippen molar-refractivity contribution in [3.63, 3.8) is 0 Å². The summed E-state index contributed by atoms with van der Waals surface area (Å²) >= 11 is 0. The van der Waals surface area contributed by atoms with Crippen LogP contribution in [-0.2, 0) is 13.6 Å². The van der Waals surface area contributed by atoms with Crippen molar-refractivity contribution in [2.75, 3.05) is 6.54 Å². The molecule has 25 heavy (non-hydrogen) atoms. The van der Waals surface area contributed by atoms with Gasteiger partial charge in [0.15, 0.2) is 0 Å². The van der Waals surface area contributed by atoms with Crippen LogP contribution >= 0.6 is 0 Å². The van der Waals surface area contributed by atoms with Crippen molar-refractivity contribution in [3.05, 3.63) is 41.2 Å². The molecule has 1 aliphatic heterocycles. The van der Waals surface area contributed by atoms with Gasteiger partial charge < -0.3 is 4.90 Å². The van der Waals surface area contributed by atoms with Gasteiger partial charge in [0.2, 0.25) is 0 Å². The standard InChI is InChI=1S/C18H22N6O/c1-12-9-13(2)24(20-12)11-15-5-4-8-23(15)18(25)14-6-7-17-16(10-14)19-21-22(17)3/h6-7,9-10,15H,4-5,8,11H2,1-3H3/t15-/m0/s1. The van der Waals surface area contributed by atoms with Crippen LogP contribution in [0.5, 0.6) is 0 Å². The van der Waals surface area contributed by atoms with Crippen LogP contribution in [0.2, 0.25) is 0 Å². The molecule has 7 nitrogen and oxygen atoms in total. The number of fused-ring (bicyclic) bond motifs is 1. The first-order valence-electron chi connectivity index (χ1n) is 8.64. The van der Waals surface area contributed by atoms with Gasteiger partial charge in [-0.15, -0.1) is 5.10 Å². The lowest BCUT2D eigenvalue weighted by Crippen LogP contribution is -2.38. The third kappa shape index (κ3) is 2.79. The van der Waals surface area contributed by atoms with Crippen molar-refractivity contribution in [3.8, 4) is 0 Å². The van der Waals surface area contributed by atoms with Gasteiger partial charge in [0.05, 0.1) is 23.8 Å². The Bertz CT molecular complexity index is 940. The lowest BCUT2D eigenvalue weighted by atomic mass is 10.1. The molecule has 7 heteroatoms. The number of carbonyl (C=O) groups is 1. The van der Waals surface area contributed by atoms with Crippen molar-refractivity contribution in [2.24, 2.45) is 7.05 Å². The number of carbonyl (C=O) groups excluding carboxylic acids is 1. The number of aromatic nitrogens is 5. The number of aryl methyl sites for hydroxylation is 3. The Morgan fingerprint density at radius 1 is 1.28 bits per heavy atom. The number of likely N-dealkylation sites (tertiary alicyclic amines) is 1. The Kier molecular flexibility index (Phi) is 3.78. The molecule has 2 aromatic heterocycles. The summed E-state index contributed by atoms with van der Waals surface area (Å²) in [5.74, 6) is 0.0663. The van der Waals surface area contributed by atoms with E-state index in [1.165, 1.54) is 0 Å². The molecule has 1 fully saturated rings. The second-order valence-corrected chi connectivity index (χ2v) is 6.82. The summed E-state index contributed by atoms with van der Waals surface area (Å²) in [6.45, 7) is 5.60. The fourth-order valence-electron chi connectivity index (χ4n) is 3.69. The van der Waals surface area contributed by atoms with Gasteiger partial charge in [-0.25, -0.2) is 4.68 Å². The van der Waals surface area contributed by atoms with Gasteiger partial charge in [-0.1, -0.05) is 5.21 Å². The molecule has 3 heterocycles. The van der Waals surface area contributed by atoms with E-state index in [4.69, 9.17) is 0 Å². The molecule has 0 saturated carbocycles. The van der Waals surface area contributed by atoms with Crippen molar-refractivity contribution < 1.29 is 4.79 Å². The second kappa shape index (κ2) is 5.98. The average Bonchev–Trinajstić information content (AvgIpc) is 3.27. The minimum atomic E-state index is 0.0663. The molecule has 4 rings (SSSR count). The van der Waals surface area contributed by atoms with E-state index in [0.717, 1.165) is 48.4 Å². The third-order valence-corrected chi connectivity index (χ3v) is 4.98. The van der Waals surface area contributed by atoms with E-state index < -0.39 is 0 Å². The SMILES string of the molecule is Cc1cc(C)n(C[C@@H]2CCCN2C(=O)c2ccc3c(c2)nnn3C)n1. The number of hydrogen-bond acceptors (Lipinski definition) is 4. The first-order valence-corrected chi connectivity index (χ1v) is 8.64. The normalized spacial score (nSPS) is 17.6. The van der Waals surface area contributed by atoms with Gasteiger partial charge in [-0.2, -0.15) is 5.10 Å². The predicted molar refractivity (Wildman–Crippen MR) is 94.3 cm³/mol. The van der Waals surface area contributed by atoms with Crippen LogP contribution in [0.15, 0.2) is 24.3 Å². The lowest BCUT2D eigenvalue weighted by Gasteiger charge is -2.25. The molecule has 0 bridgehead atoms. The number of nitrogens with zero attached hydrogens (tertiary/aromatic N) is 6. The molecule has 0 unspecified atom stereocenters. The highest BCUT2D eigenvalue weighted by Gasteiger charge is 2.30. The Hall–Kier alpha value is -2.70. The van der Waals surface area contributed by atoms with Crippen LogP contribution in [-0.4, -0.2) is 48.2 Å². The summed E-state index contributed by atoms with van der Waals surface area (Å²) in [6.07, 6.45) is 2.04. The Labute approximate surface area is 146 Å². The summed E-state index contributed by atoms with van der Waals surface area (Å²) in [5, 5.41) is 12.7. The number of hydrogen-bond donors (Lipinski definition) is 0. The van der Waals surface area contributed by atoms with Crippen molar-refractivity contribution in [1.29, 1.82) is 0 Å². The maximum atomic E-state index is 13.0.